The van der Waals surface area contributed by atoms with Crippen molar-refractivity contribution < 1.29 is 8.42 Å². The molecule has 1 aliphatic rings. The highest BCUT2D eigenvalue weighted by atomic mass is 32.2. The van der Waals surface area contributed by atoms with E-state index in [9.17, 15) is 8.42 Å². The van der Waals surface area contributed by atoms with Crippen LogP contribution in [0.25, 0.3) is 12.3 Å². The van der Waals surface area contributed by atoms with E-state index >= 15 is 0 Å². The van der Waals surface area contributed by atoms with E-state index in [1.807, 2.05) is 37.3 Å². The van der Waals surface area contributed by atoms with Crippen molar-refractivity contribution >= 4 is 22.1 Å². The smallest absolute Gasteiger partial charge is 0.254 e. The molecule has 0 spiro atoms. The molecule has 0 saturated carbocycles. The summed E-state index contributed by atoms with van der Waals surface area (Å²) in [6.45, 7) is 5.31. The number of aromatic nitrogens is 3. The van der Waals surface area contributed by atoms with Gasteiger partial charge in [-0.15, -0.1) is 10.2 Å². The number of fused-ring (bicyclic) bond motifs is 2. The number of hydrogen-bond acceptors (Lipinski definition) is 4. The molecule has 2 heterocycles. The second-order valence-corrected chi connectivity index (χ2v) is 7.87. The molecule has 6 heteroatoms. The Labute approximate surface area is 124 Å². The topological polar surface area (TPSA) is 64.8 Å². The minimum Gasteiger partial charge on any atom is -0.276 e. The zero-order valence-electron chi connectivity index (χ0n) is 12.2. The van der Waals surface area contributed by atoms with Gasteiger partial charge in [-0.2, -0.15) is 0 Å². The van der Waals surface area contributed by atoms with Gasteiger partial charge >= 0.3 is 0 Å². The standard InChI is InChI=1S/C15H17N3O2S/c1-10(2)21(19,20)15-17-16-14-11(3)13-7-5-4-6-12(13)8-9-18(14)15/h4-11H,1-3H3. The van der Waals surface area contributed by atoms with E-state index in [0.717, 1.165) is 11.1 Å². The van der Waals surface area contributed by atoms with Gasteiger partial charge < -0.3 is 0 Å². The summed E-state index contributed by atoms with van der Waals surface area (Å²) in [6.07, 6.45) is 3.65. The number of benzene rings is 1. The first-order valence-corrected chi connectivity index (χ1v) is 8.43. The third kappa shape index (κ3) is 2.10. The summed E-state index contributed by atoms with van der Waals surface area (Å²) in [6, 6.07) is 7.99. The van der Waals surface area contributed by atoms with Crippen molar-refractivity contribution in [3.05, 3.63) is 41.2 Å². The lowest BCUT2D eigenvalue weighted by Gasteiger charge is -2.12. The fraction of sp³-hybridized carbons (Fsp3) is 0.333. The molecular formula is C15H17N3O2S. The van der Waals surface area contributed by atoms with Crippen LogP contribution in [0.1, 0.15) is 43.6 Å². The van der Waals surface area contributed by atoms with Gasteiger partial charge in [0.25, 0.3) is 5.16 Å². The number of sulfone groups is 1. The molecule has 0 N–H and O–H groups in total. The molecule has 3 rings (SSSR count). The Hall–Kier alpha value is -1.95. The van der Waals surface area contributed by atoms with Gasteiger partial charge in [0, 0.05) is 12.1 Å². The number of rotatable bonds is 2. The second-order valence-electron chi connectivity index (χ2n) is 5.47. The van der Waals surface area contributed by atoms with E-state index in [4.69, 9.17) is 0 Å². The number of nitrogens with zero attached hydrogens (tertiary/aromatic N) is 3. The molecule has 0 aliphatic carbocycles. The first-order chi connectivity index (χ1) is 9.93. The van der Waals surface area contributed by atoms with Crippen LogP contribution < -0.4 is 0 Å². The van der Waals surface area contributed by atoms with Gasteiger partial charge in [-0.25, -0.2) is 8.42 Å². The van der Waals surface area contributed by atoms with E-state index in [2.05, 4.69) is 10.2 Å². The molecule has 0 saturated heterocycles. The van der Waals surface area contributed by atoms with Gasteiger partial charge in [-0.1, -0.05) is 31.2 Å². The van der Waals surface area contributed by atoms with Crippen molar-refractivity contribution in [3.8, 4) is 0 Å². The third-order valence-electron chi connectivity index (χ3n) is 3.82. The highest BCUT2D eigenvalue weighted by molar-refractivity contribution is 7.91. The second kappa shape index (κ2) is 4.80. The Morgan fingerprint density at radius 2 is 1.90 bits per heavy atom. The molecule has 0 fully saturated rings. The zero-order chi connectivity index (χ0) is 15.2. The van der Waals surface area contributed by atoms with Crippen LogP contribution in [0.15, 0.2) is 29.4 Å². The molecule has 21 heavy (non-hydrogen) atoms. The maximum Gasteiger partial charge on any atom is 0.254 e. The van der Waals surface area contributed by atoms with Crippen LogP contribution >= 0.6 is 0 Å². The first-order valence-electron chi connectivity index (χ1n) is 6.88. The van der Waals surface area contributed by atoms with Crippen LogP contribution in [-0.2, 0) is 9.84 Å². The van der Waals surface area contributed by atoms with Crippen molar-refractivity contribution in [1.82, 2.24) is 14.8 Å². The molecule has 1 aliphatic heterocycles. The minimum absolute atomic E-state index is 0.0141. The Bertz CT molecular complexity index is 819. The predicted molar refractivity (Wildman–Crippen MR) is 81.5 cm³/mol. The fourth-order valence-corrected chi connectivity index (χ4v) is 3.48. The molecule has 110 valence electrons. The maximum absolute atomic E-state index is 12.4. The molecule has 1 aromatic carbocycles. The highest BCUT2D eigenvalue weighted by Crippen LogP contribution is 2.31. The van der Waals surface area contributed by atoms with E-state index in [0.29, 0.717) is 5.82 Å². The van der Waals surface area contributed by atoms with Crippen LogP contribution in [0.5, 0.6) is 0 Å². The summed E-state index contributed by atoms with van der Waals surface area (Å²) in [7, 11) is -3.46. The van der Waals surface area contributed by atoms with Gasteiger partial charge in [0.2, 0.25) is 9.84 Å². The Morgan fingerprint density at radius 3 is 2.62 bits per heavy atom. The molecule has 1 aromatic heterocycles. The molecular weight excluding hydrogens is 286 g/mol. The summed E-state index contributed by atoms with van der Waals surface area (Å²) < 4.78 is 26.4. The summed E-state index contributed by atoms with van der Waals surface area (Å²) in [4.78, 5) is 0. The summed E-state index contributed by atoms with van der Waals surface area (Å²) in [5.41, 5.74) is 2.19. The molecule has 0 radical (unpaired) electrons. The Kier molecular flexibility index (Phi) is 3.20. The van der Waals surface area contributed by atoms with Crippen LogP contribution in [-0.4, -0.2) is 28.4 Å². The van der Waals surface area contributed by atoms with Gasteiger partial charge in [-0.05, 0) is 31.1 Å². The van der Waals surface area contributed by atoms with E-state index in [-0.39, 0.29) is 11.1 Å². The van der Waals surface area contributed by atoms with E-state index in [1.54, 1.807) is 24.6 Å². The average Bonchev–Trinajstić information content (AvgIpc) is 2.83. The van der Waals surface area contributed by atoms with Crippen molar-refractivity contribution in [2.45, 2.75) is 37.1 Å². The van der Waals surface area contributed by atoms with Gasteiger partial charge in [-0.3, -0.25) is 4.57 Å². The minimum atomic E-state index is -3.46. The van der Waals surface area contributed by atoms with Gasteiger partial charge in [0.05, 0.1) is 5.25 Å². The molecule has 2 aromatic rings. The van der Waals surface area contributed by atoms with E-state index in [1.165, 1.54) is 0 Å². The molecule has 0 bridgehead atoms. The lowest BCUT2D eigenvalue weighted by Crippen LogP contribution is -2.18. The Morgan fingerprint density at radius 1 is 1.19 bits per heavy atom. The van der Waals surface area contributed by atoms with Crippen LogP contribution in [0.4, 0.5) is 0 Å². The van der Waals surface area contributed by atoms with Crippen LogP contribution in [0, 0.1) is 0 Å². The SMILES string of the molecule is CC1c2ccccc2C=Cn2c1nnc2S(=O)(=O)C(C)C. The average molecular weight is 303 g/mol. The quantitative estimate of drug-likeness (QED) is 0.855. The molecule has 1 atom stereocenters. The fourth-order valence-electron chi connectivity index (χ4n) is 2.48. The summed E-state index contributed by atoms with van der Waals surface area (Å²) in [5, 5.41) is 7.55. The third-order valence-corrected chi connectivity index (χ3v) is 5.85. The summed E-state index contributed by atoms with van der Waals surface area (Å²) >= 11 is 0. The number of hydrogen-bond donors (Lipinski definition) is 0. The first kappa shape index (κ1) is 14.0. The van der Waals surface area contributed by atoms with Crippen molar-refractivity contribution in [2.75, 3.05) is 0 Å². The molecule has 1 unspecified atom stereocenters. The van der Waals surface area contributed by atoms with Gasteiger partial charge in [0.1, 0.15) is 5.82 Å². The summed E-state index contributed by atoms with van der Waals surface area (Å²) in [5.74, 6) is 0.634. The van der Waals surface area contributed by atoms with Crippen LogP contribution in [0.2, 0.25) is 0 Å². The maximum atomic E-state index is 12.4. The highest BCUT2D eigenvalue weighted by Gasteiger charge is 2.30. The van der Waals surface area contributed by atoms with Gasteiger partial charge in [0.15, 0.2) is 0 Å². The zero-order valence-corrected chi connectivity index (χ0v) is 13.0. The van der Waals surface area contributed by atoms with Crippen LogP contribution in [0.3, 0.4) is 0 Å². The van der Waals surface area contributed by atoms with Crippen molar-refractivity contribution in [2.24, 2.45) is 0 Å². The lowest BCUT2D eigenvalue weighted by molar-refractivity contribution is 0.575. The predicted octanol–water partition coefficient (Wildman–Crippen LogP) is 2.55. The molecule has 5 nitrogen and oxygen atoms in total. The largest absolute Gasteiger partial charge is 0.276 e. The molecule has 0 amide bonds. The lowest BCUT2D eigenvalue weighted by atomic mass is 9.96. The monoisotopic (exact) mass is 303 g/mol. The Balaban J connectivity index is 2.22. The normalized spacial score (nSPS) is 17.4. The van der Waals surface area contributed by atoms with Crippen molar-refractivity contribution in [3.63, 3.8) is 0 Å². The van der Waals surface area contributed by atoms with Crippen molar-refractivity contribution in [1.29, 1.82) is 0 Å². The van der Waals surface area contributed by atoms with E-state index < -0.39 is 15.1 Å².